The van der Waals surface area contributed by atoms with Gasteiger partial charge in [-0.2, -0.15) is 0 Å². The molecule has 1 aliphatic heterocycles. The van der Waals surface area contributed by atoms with E-state index >= 15 is 0 Å². The molecule has 2 N–H and O–H groups in total. The van der Waals surface area contributed by atoms with Gasteiger partial charge in [-0.3, -0.25) is 4.79 Å². The number of para-hydroxylation sites is 2. The average molecular weight is 454 g/mol. The molecule has 7 heteroatoms. The normalized spacial score (nSPS) is 14.5. The van der Waals surface area contributed by atoms with Crippen LogP contribution < -0.4 is 20.1 Å². The monoisotopic (exact) mass is 453 g/mol. The fraction of sp³-hybridized carbons (Fsp3) is 0.462. The molecule has 1 fully saturated rings. The van der Waals surface area contributed by atoms with Crippen LogP contribution in [0.4, 0.5) is 10.5 Å². The molecular weight excluding hydrogens is 418 g/mol. The van der Waals surface area contributed by atoms with E-state index in [1.54, 1.807) is 12.0 Å². The second-order valence-electron chi connectivity index (χ2n) is 9.43. The standard InChI is InChI=1S/C26H35N3O4/c1-26(2,3)20-9-11-21(12-10-20)33-18-24(30)27-17-19-13-15-29(16-14-19)25(31)28-22-7-5-6-8-23(22)32-4/h5-12,19H,13-18H2,1-4H3,(H,27,30)(H,28,31). The Hall–Kier alpha value is -3.22. The summed E-state index contributed by atoms with van der Waals surface area (Å²) in [7, 11) is 1.58. The molecule has 0 aromatic heterocycles. The van der Waals surface area contributed by atoms with Crippen LogP contribution in [0.1, 0.15) is 39.2 Å². The molecule has 3 rings (SSSR count). The number of hydrogen-bond donors (Lipinski definition) is 2. The van der Waals surface area contributed by atoms with E-state index in [-0.39, 0.29) is 24.0 Å². The van der Waals surface area contributed by atoms with Gasteiger partial charge in [-0.15, -0.1) is 0 Å². The van der Waals surface area contributed by atoms with Gasteiger partial charge in [-0.25, -0.2) is 4.79 Å². The number of rotatable bonds is 7. The Labute approximate surface area is 196 Å². The van der Waals surface area contributed by atoms with Crippen molar-refractivity contribution in [2.75, 3.05) is 38.7 Å². The van der Waals surface area contributed by atoms with E-state index < -0.39 is 0 Å². The number of carbonyl (C=O) groups is 2. The summed E-state index contributed by atoms with van der Waals surface area (Å²) < 4.78 is 10.9. The number of piperidine rings is 1. The van der Waals surface area contributed by atoms with Crippen LogP contribution in [0.15, 0.2) is 48.5 Å². The molecule has 1 aliphatic rings. The number of hydrogen-bond acceptors (Lipinski definition) is 4. The molecule has 0 bridgehead atoms. The number of nitrogens with one attached hydrogen (secondary N) is 2. The maximum Gasteiger partial charge on any atom is 0.321 e. The molecule has 0 aliphatic carbocycles. The van der Waals surface area contributed by atoms with Gasteiger partial charge >= 0.3 is 6.03 Å². The minimum absolute atomic E-state index is 0.00494. The van der Waals surface area contributed by atoms with Crippen molar-refractivity contribution in [1.82, 2.24) is 10.2 Å². The van der Waals surface area contributed by atoms with E-state index in [0.29, 0.717) is 42.7 Å². The highest BCUT2D eigenvalue weighted by molar-refractivity contribution is 5.91. The molecule has 1 heterocycles. The van der Waals surface area contributed by atoms with Crippen molar-refractivity contribution >= 4 is 17.6 Å². The number of benzene rings is 2. The second-order valence-corrected chi connectivity index (χ2v) is 9.43. The smallest absolute Gasteiger partial charge is 0.321 e. The summed E-state index contributed by atoms with van der Waals surface area (Å²) in [6.45, 7) is 8.37. The van der Waals surface area contributed by atoms with Crippen LogP contribution in [0.3, 0.4) is 0 Å². The van der Waals surface area contributed by atoms with Gasteiger partial charge in [-0.05, 0) is 54.0 Å². The molecule has 0 saturated carbocycles. The molecule has 0 atom stereocenters. The molecule has 3 amide bonds. The number of anilines is 1. The van der Waals surface area contributed by atoms with Gasteiger partial charge in [0.05, 0.1) is 12.8 Å². The third kappa shape index (κ3) is 7.14. The minimum Gasteiger partial charge on any atom is -0.495 e. The van der Waals surface area contributed by atoms with Crippen molar-refractivity contribution in [2.24, 2.45) is 5.92 Å². The first-order valence-corrected chi connectivity index (χ1v) is 11.5. The van der Waals surface area contributed by atoms with Gasteiger partial charge in [-0.1, -0.05) is 45.0 Å². The molecule has 0 unspecified atom stereocenters. The van der Waals surface area contributed by atoms with Crippen LogP contribution in [0, 0.1) is 5.92 Å². The van der Waals surface area contributed by atoms with Crippen LogP contribution in [0.5, 0.6) is 11.5 Å². The highest BCUT2D eigenvalue weighted by Gasteiger charge is 2.23. The number of methoxy groups -OCH3 is 1. The van der Waals surface area contributed by atoms with E-state index in [4.69, 9.17) is 9.47 Å². The molecule has 0 spiro atoms. The number of urea groups is 1. The summed E-state index contributed by atoms with van der Waals surface area (Å²) >= 11 is 0. The molecule has 2 aromatic rings. The number of nitrogens with zero attached hydrogens (tertiary/aromatic N) is 1. The van der Waals surface area contributed by atoms with Crippen LogP contribution in [0.2, 0.25) is 0 Å². The Morgan fingerprint density at radius 2 is 1.70 bits per heavy atom. The lowest BCUT2D eigenvalue weighted by molar-refractivity contribution is -0.123. The predicted octanol–water partition coefficient (Wildman–Crippen LogP) is 4.43. The predicted molar refractivity (Wildman–Crippen MR) is 130 cm³/mol. The van der Waals surface area contributed by atoms with Gasteiger partial charge < -0.3 is 25.0 Å². The summed E-state index contributed by atoms with van der Waals surface area (Å²) in [6, 6.07) is 15.1. The minimum atomic E-state index is -0.133. The Morgan fingerprint density at radius 1 is 1.03 bits per heavy atom. The van der Waals surface area contributed by atoms with E-state index in [9.17, 15) is 9.59 Å². The lowest BCUT2D eigenvalue weighted by Crippen LogP contribution is -2.43. The van der Waals surface area contributed by atoms with Crippen LogP contribution in [-0.2, 0) is 10.2 Å². The lowest BCUT2D eigenvalue weighted by atomic mass is 9.87. The van der Waals surface area contributed by atoms with Crippen molar-refractivity contribution in [3.8, 4) is 11.5 Å². The Kier molecular flexibility index (Phi) is 8.20. The third-order valence-corrected chi connectivity index (χ3v) is 5.93. The zero-order valence-corrected chi connectivity index (χ0v) is 20.0. The van der Waals surface area contributed by atoms with E-state index in [1.165, 1.54) is 5.56 Å². The third-order valence-electron chi connectivity index (χ3n) is 5.93. The van der Waals surface area contributed by atoms with E-state index in [1.807, 2.05) is 48.5 Å². The summed E-state index contributed by atoms with van der Waals surface area (Å²) in [6.07, 6.45) is 1.68. The summed E-state index contributed by atoms with van der Waals surface area (Å²) in [5.41, 5.74) is 1.97. The van der Waals surface area contributed by atoms with E-state index in [0.717, 1.165) is 12.8 Å². The Balaban J connectivity index is 1.36. The first kappa shape index (κ1) is 24.4. The fourth-order valence-electron chi connectivity index (χ4n) is 3.79. The highest BCUT2D eigenvalue weighted by atomic mass is 16.5. The zero-order chi connectivity index (χ0) is 23.8. The topological polar surface area (TPSA) is 79.9 Å². The van der Waals surface area contributed by atoms with Crippen molar-refractivity contribution in [1.29, 1.82) is 0 Å². The Bertz CT molecular complexity index is 929. The van der Waals surface area contributed by atoms with Gasteiger partial charge in [0.2, 0.25) is 0 Å². The molecular formula is C26H35N3O4. The summed E-state index contributed by atoms with van der Waals surface area (Å²) in [5.74, 6) is 1.53. The van der Waals surface area contributed by atoms with Gasteiger partial charge in [0, 0.05) is 19.6 Å². The molecule has 178 valence electrons. The van der Waals surface area contributed by atoms with Crippen molar-refractivity contribution in [2.45, 2.75) is 39.0 Å². The molecule has 7 nitrogen and oxygen atoms in total. The largest absolute Gasteiger partial charge is 0.495 e. The summed E-state index contributed by atoms with van der Waals surface area (Å²) in [4.78, 5) is 26.6. The van der Waals surface area contributed by atoms with Gasteiger partial charge in [0.15, 0.2) is 6.61 Å². The van der Waals surface area contributed by atoms with Crippen molar-refractivity contribution < 1.29 is 19.1 Å². The maximum atomic E-state index is 12.6. The highest BCUT2D eigenvalue weighted by Crippen LogP contribution is 2.25. The average Bonchev–Trinajstić information content (AvgIpc) is 2.81. The molecule has 0 radical (unpaired) electrons. The molecule has 33 heavy (non-hydrogen) atoms. The second kappa shape index (κ2) is 11.1. The number of amides is 3. The quantitative estimate of drug-likeness (QED) is 0.650. The number of likely N-dealkylation sites (tertiary alicyclic amines) is 1. The number of ether oxygens (including phenoxy) is 2. The van der Waals surface area contributed by atoms with Crippen LogP contribution in [0.25, 0.3) is 0 Å². The fourth-order valence-corrected chi connectivity index (χ4v) is 3.79. The lowest BCUT2D eigenvalue weighted by Gasteiger charge is -2.32. The van der Waals surface area contributed by atoms with Crippen LogP contribution in [-0.4, -0.2) is 50.2 Å². The number of carbonyl (C=O) groups excluding carboxylic acids is 2. The van der Waals surface area contributed by atoms with Crippen LogP contribution >= 0.6 is 0 Å². The van der Waals surface area contributed by atoms with Crippen molar-refractivity contribution in [3.63, 3.8) is 0 Å². The van der Waals surface area contributed by atoms with Gasteiger partial charge in [0.25, 0.3) is 5.91 Å². The molecule has 1 saturated heterocycles. The first-order valence-electron chi connectivity index (χ1n) is 11.5. The maximum absolute atomic E-state index is 12.6. The molecule has 2 aromatic carbocycles. The zero-order valence-electron chi connectivity index (χ0n) is 20.0. The Morgan fingerprint density at radius 3 is 2.33 bits per heavy atom. The first-order chi connectivity index (χ1) is 15.8. The van der Waals surface area contributed by atoms with E-state index in [2.05, 4.69) is 31.4 Å². The van der Waals surface area contributed by atoms with Crippen molar-refractivity contribution in [3.05, 3.63) is 54.1 Å². The SMILES string of the molecule is COc1ccccc1NC(=O)N1CCC(CNC(=O)COc2ccc(C(C)(C)C)cc2)CC1. The van der Waals surface area contributed by atoms with Gasteiger partial charge in [0.1, 0.15) is 11.5 Å². The summed E-state index contributed by atoms with van der Waals surface area (Å²) in [5, 5.41) is 5.87.